The maximum Gasteiger partial charge on any atom is 0.191 e. The van der Waals surface area contributed by atoms with Crippen molar-refractivity contribution in [1.29, 1.82) is 0 Å². The molecule has 1 aliphatic carbocycles. The number of halogens is 2. The molecular formula is C16H23F2NO2. The van der Waals surface area contributed by atoms with E-state index in [1.54, 1.807) is 7.11 Å². The average molecular weight is 299 g/mol. The number of nitrogens with one attached hydrogen (secondary N) is 1. The molecule has 5 heteroatoms. The minimum atomic E-state index is -0.637. The van der Waals surface area contributed by atoms with Gasteiger partial charge < -0.3 is 14.8 Å². The zero-order valence-electron chi connectivity index (χ0n) is 12.6. The Kier molecular flexibility index (Phi) is 5.94. The van der Waals surface area contributed by atoms with Crippen molar-refractivity contribution in [3.8, 4) is 5.75 Å². The van der Waals surface area contributed by atoms with Gasteiger partial charge in [0.25, 0.3) is 0 Å². The molecule has 3 nitrogen and oxygen atoms in total. The van der Waals surface area contributed by atoms with Crippen LogP contribution in [-0.2, 0) is 11.3 Å². The Balaban J connectivity index is 2.05. The molecule has 1 fully saturated rings. The van der Waals surface area contributed by atoms with Gasteiger partial charge in [-0.15, -0.1) is 0 Å². The quantitative estimate of drug-likeness (QED) is 0.873. The Labute approximate surface area is 124 Å². The first-order valence-electron chi connectivity index (χ1n) is 7.52. The second kappa shape index (κ2) is 7.71. The van der Waals surface area contributed by atoms with Crippen molar-refractivity contribution >= 4 is 0 Å². The van der Waals surface area contributed by atoms with E-state index in [0.717, 1.165) is 25.8 Å². The van der Waals surface area contributed by atoms with Crippen LogP contribution in [0.5, 0.6) is 5.75 Å². The highest BCUT2D eigenvalue weighted by Crippen LogP contribution is 2.29. The number of benzene rings is 1. The first kappa shape index (κ1) is 16.2. The third-order valence-electron chi connectivity index (χ3n) is 3.83. The highest BCUT2D eigenvalue weighted by molar-refractivity contribution is 5.31. The Morgan fingerprint density at radius 1 is 1.19 bits per heavy atom. The summed E-state index contributed by atoms with van der Waals surface area (Å²) >= 11 is 0. The molecule has 1 saturated carbocycles. The molecule has 0 spiro atoms. The highest BCUT2D eigenvalue weighted by Gasteiger charge is 2.25. The Bertz CT molecular complexity index is 445. The van der Waals surface area contributed by atoms with Crippen LogP contribution in [-0.4, -0.2) is 25.9 Å². The number of rotatable bonds is 6. The van der Waals surface area contributed by atoms with Crippen LogP contribution >= 0.6 is 0 Å². The fourth-order valence-corrected chi connectivity index (χ4v) is 2.69. The molecule has 0 aliphatic heterocycles. The third-order valence-corrected chi connectivity index (χ3v) is 3.83. The second-order valence-electron chi connectivity index (χ2n) is 5.43. The molecular weight excluding hydrogens is 276 g/mol. The van der Waals surface area contributed by atoms with E-state index in [1.807, 2.05) is 6.92 Å². The lowest BCUT2D eigenvalue weighted by atomic mass is 9.95. The first-order chi connectivity index (χ1) is 10.1. The van der Waals surface area contributed by atoms with E-state index in [4.69, 9.17) is 9.47 Å². The van der Waals surface area contributed by atoms with Crippen molar-refractivity contribution in [2.24, 2.45) is 0 Å². The molecule has 118 valence electrons. The fraction of sp³-hybridized carbons (Fsp3) is 0.625. The normalized spacial score (nSPS) is 22.3. The lowest BCUT2D eigenvalue weighted by molar-refractivity contribution is 0.0184. The van der Waals surface area contributed by atoms with Gasteiger partial charge in [-0.1, -0.05) is 6.92 Å². The number of methoxy groups -OCH3 is 1. The Morgan fingerprint density at radius 2 is 1.86 bits per heavy atom. The van der Waals surface area contributed by atoms with E-state index in [1.165, 1.54) is 12.1 Å². The van der Waals surface area contributed by atoms with Gasteiger partial charge >= 0.3 is 0 Å². The van der Waals surface area contributed by atoms with E-state index in [0.29, 0.717) is 18.5 Å². The van der Waals surface area contributed by atoms with Crippen LogP contribution in [0.25, 0.3) is 0 Å². The highest BCUT2D eigenvalue weighted by atomic mass is 19.1. The molecule has 1 aromatic carbocycles. The number of hydrogen-bond acceptors (Lipinski definition) is 3. The monoisotopic (exact) mass is 299 g/mol. The summed E-state index contributed by atoms with van der Waals surface area (Å²) in [5.41, 5.74) is 0.581. The van der Waals surface area contributed by atoms with E-state index in [9.17, 15) is 8.78 Å². The maximum atomic E-state index is 14.0. The predicted molar refractivity (Wildman–Crippen MR) is 77.4 cm³/mol. The molecule has 0 heterocycles. The lowest BCUT2D eigenvalue weighted by Crippen LogP contribution is -2.30. The summed E-state index contributed by atoms with van der Waals surface area (Å²) in [6.45, 7) is 3.14. The smallest absolute Gasteiger partial charge is 0.191 e. The zero-order valence-corrected chi connectivity index (χ0v) is 12.6. The van der Waals surface area contributed by atoms with E-state index in [-0.39, 0.29) is 18.0 Å². The molecule has 21 heavy (non-hydrogen) atoms. The SMILES string of the molecule is CCNCc1cc(F)c(OC2CCCC(OC)C2)c(F)c1. The van der Waals surface area contributed by atoms with Crippen LogP contribution in [0.1, 0.15) is 38.2 Å². The molecule has 0 aromatic heterocycles. The van der Waals surface area contributed by atoms with Crippen molar-refractivity contribution in [1.82, 2.24) is 5.32 Å². The first-order valence-corrected chi connectivity index (χ1v) is 7.52. The summed E-state index contributed by atoms with van der Waals surface area (Å²) in [4.78, 5) is 0. The summed E-state index contributed by atoms with van der Waals surface area (Å²) < 4.78 is 39.0. The van der Waals surface area contributed by atoms with Crippen molar-refractivity contribution in [2.75, 3.05) is 13.7 Å². The van der Waals surface area contributed by atoms with Gasteiger partial charge in [-0.3, -0.25) is 0 Å². The van der Waals surface area contributed by atoms with Gasteiger partial charge in [0.15, 0.2) is 17.4 Å². The molecule has 1 aliphatic rings. The molecule has 1 aromatic rings. The fourth-order valence-electron chi connectivity index (χ4n) is 2.69. The van der Waals surface area contributed by atoms with Gasteiger partial charge in [0.05, 0.1) is 6.10 Å². The van der Waals surface area contributed by atoms with Crippen LogP contribution in [0.3, 0.4) is 0 Å². The molecule has 2 rings (SSSR count). The average Bonchev–Trinajstić information content (AvgIpc) is 2.49. The van der Waals surface area contributed by atoms with Gasteiger partial charge in [-0.25, -0.2) is 8.78 Å². The van der Waals surface area contributed by atoms with Crippen LogP contribution in [0.2, 0.25) is 0 Å². The van der Waals surface area contributed by atoms with Crippen LogP contribution in [0.15, 0.2) is 12.1 Å². The molecule has 0 bridgehead atoms. The Morgan fingerprint density at radius 3 is 2.48 bits per heavy atom. The predicted octanol–water partition coefficient (Wildman–Crippen LogP) is 3.41. The van der Waals surface area contributed by atoms with Crippen molar-refractivity contribution in [3.05, 3.63) is 29.3 Å². The molecule has 0 amide bonds. The minimum absolute atomic E-state index is 0.114. The third kappa shape index (κ3) is 4.38. The van der Waals surface area contributed by atoms with Crippen LogP contribution < -0.4 is 10.1 Å². The summed E-state index contributed by atoms with van der Waals surface area (Å²) in [6.07, 6.45) is 3.33. The molecule has 1 N–H and O–H groups in total. The number of hydrogen-bond donors (Lipinski definition) is 1. The summed E-state index contributed by atoms with van der Waals surface area (Å²) in [6, 6.07) is 2.66. The summed E-state index contributed by atoms with van der Waals surface area (Å²) in [7, 11) is 1.66. The standard InChI is InChI=1S/C16H23F2NO2/c1-3-19-10-11-7-14(17)16(15(18)8-11)21-13-6-4-5-12(9-13)20-2/h7-8,12-13,19H,3-6,9-10H2,1-2H3. The van der Waals surface area contributed by atoms with E-state index < -0.39 is 11.6 Å². The molecule has 0 radical (unpaired) electrons. The van der Waals surface area contributed by atoms with Crippen LogP contribution in [0.4, 0.5) is 8.78 Å². The van der Waals surface area contributed by atoms with Gasteiger partial charge in [0, 0.05) is 20.1 Å². The largest absolute Gasteiger partial charge is 0.484 e. The van der Waals surface area contributed by atoms with E-state index in [2.05, 4.69) is 5.32 Å². The topological polar surface area (TPSA) is 30.5 Å². The Hall–Kier alpha value is -1.20. The van der Waals surface area contributed by atoms with Gasteiger partial charge in [-0.05, 0) is 43.5 Å². The van der Waals surface area contributed by atoms with Crippen molar-refractivity contribution < 1.29 is 18.3 Å². The molecule has 0 saturated heterocycles. The van der Waals surface area contributed by atoms with Gasteiger partial charge in [-0.2, -0.15) is 0 Å². The lowest BCUT2D eigenvalue weighted by Gasteiger charge is -2.29. The molecule has 2 unspecified atom stereocenters. The van der Waals surface area contributed by atoms with Crippen molar-refractivity contribution in [2.45, 2.75) is 51.4 Å². The van der Waals surface area contributed by atoms with Gasteiger partial charge in [0.1, 0.15) is 6.10 Å². The maximum absolute atomic E-state index is 14.0. The molecule has 2 atom stereocenters. The van der Waals surface area contributed by atoms with Crippen molar-refractivity contribution in [3.63, 3.8) is 0 Å². The number of ether oxygens (including phenoxy) is 2. The van der Waals surface area contributed by atoms with E-state index >= 15 is 0 Å². The van der Waals surface area contributed by atoms with Gasteiger partial charge in [0.2, 0.25) is 0 Å². The second-order valence-corrected chi connectivity index (χ2v) is 5.43. The summed E-state index contributed by atoms with van der Waals surface area (Å²) in [5, 5.41) is 3.04. The minimum Gasteiger partial charge on any atom is -0.484 e. The summed E-state index contributed by atoms with van der Waals surface area (Å²) in [5.74, 6) is -1.54. The zero-order chi connectivity index (χ0) is 15.2. The van der Waals surface area contributed by atoms with Crippen LogP contribution in [0, 0.1) is 11.6 Å².